The van der Waals surface area contributed by atoms with Crippen LogP contribution in [0.25, 0.3) is 0 Å². The highest BCUT2D eigenvalue weighted by molar-refractivity contribution is 9.10. The van der Waals surface area contributed by atoms with E-state index in [0.717, 1.165) is 41.7 Å². The summed E-state index contributed by atoms with van der Waals surface area (Å²) in [5, 5.41) is 7.77. The van der Waals surface area contributed by atoms with Crippen LogP contribution in [0.5, 0.6) is 0 Å². The highest BCUT2D eigenvalue weighted by Gasteiger charge is 2.32. The largest absolute Gasteiger partial charge is 0.384 e. The van der Waals surface area contributed by atoms with E-state index in [0.29, 0.717) is 0 Å². The number of hydrogen-bond donors (Lipinski definition) is 2. The van der Waals surface area contributed by atoms with Crippen LogP contribution in [-0.4, -0.2) is 31.6 Å². The summed E-state index contributed by atoms with van der Waals surface area (Å²) in [7, 11) is 1.76. The molecule has 0 spiro atoms. The Bertz CT molecular complexity index is 492. The van der Waals surface area contributed by atoms with Crippen LogP contribution in [0, 0.1) is 5.41 Å². The Morgan fingerprint density at radius 1 is 1.53 bits per heavy atom. The van der Waals surface area contributed by atoms with E-state index in [-0.39, 0.29) is 11.4 Å². The van der Waals surface area contributed by atoms with Gasteiger partial charge in [-0.05, 0) is 47.8 Å². The topological polar surface area (TPSA) is 62.3 Å². The minimum absolute atomic E-state index is 0.0900. The predicted molar refractivity (Wildman–Crippen MR) is 82.0 cm³/mol. The molecule has 1 heterocycles. The van der Waals surface area contributed by atoms with Crippen molar-refractivity contribution in [3.63, 3.8) is 0 Å². The number of nitrogens with zero attached hydrogens (tertiary/aromatic N) is 1. The van der Waals surface area contributed by atoms with E-state index < -0.39 is 0 Å². The van der Waals surface area contributed by atoms with Gasteiger partial charge in [0.25, 0.3) is 0 Å². The first-order chi connectivity index (χ1) is 8.97. The molecule has 0 aliphatic carbocycles. The summed E-state index contributed by atoms with van der Waals surface area (Å²) in [6, 6.07) is 5.91. The fourth-order valence-corrected chi connectivity index (χ4v) is 3.19. The summed E-state index contributed by atoms with van der Waals surface area (Å²) >= 11 is 3.48. The number of piperidine rings is 1. The highest BCUT2D eigenvalue weighted by Crippen LogP contribution is 2.32. The number of amidine groups is 1. The van der Waals surface area contributed by atoms with E-state index in [1.54, 1.807) is 7.11 Å². The zero-order valence-corrected chi connectivity index (χ0v) is 13.0. The zero-order valence-electron chi connectivity index (χ0n) is 11.4. The molecule has 3 N–H and O–H groups in total. The van der Waals surface area contributed by atoms with Crippen molar-refractivity contribution in [1.82, 2.24) is 0 Å². The third-order valence-electron chi connectivity index (χ3n) is 3.75. The van der Waals surface area contributed by atoms with Crippen molar-refractivity contribution in [2.75, 3.05) is 25.1 Å². The maximum absolute atomic E-state index is 7.77. The molecule has 0 aromatic heterocycles. The zero-order chi connectivity index (χ0) is 14.0. The van der Waals surface area contributed by atoms with E-state index in [9.17, 15) is 0 Å². The number of nitrogens with two attached hydrogens (primary N) is 1. The number of methoxy groups -OCH3 is 1. The summed E-state index contributed by atoms with van der Waals surface area (Å²) in [6.07, 6.45) is 2.14. The van der Waals surface area contributed by atoms with Crippen molar-refractivity contribution in [3.8, 4) is 0 Å². The van der Waals surface area contributed by atoms with Gasteiger partial charge in [-0.2, -0.15) is 0 Å². The molecule has 4 nitrogen and oxygen atoms in total. The first kappa shape index (κ1) is 14.3. The second kappa shape index (κ2) is 5.51. The molecular formula is C14H20BrN3O. The Kier molecular flexibility index (Phi) is 4.16. The lowest BCUT2D eigenvalue weighted by Crippen LogP contribution is -2.48. The molecular weight excluding hydrogens is 306 g/mol. The summed E-state index contributed by atoms with van der Waals surface area (Å²) in [5.41, 5.74) is 7.36. The minimum atomic E-state index is -0.130. The maximum atomic E-state index is 7.77. The molecule has 1 atom stereocenters. The third kappa shape index (κ3) is 2.92. The van der Waals surface area contributed by atoms with E-state index in [2.05, 4.69) is 27.8 Å². The summed E-state index contributed by atoms with van der Waals surface area (Å²) in [5.74, 6) is 0.0900. The fourth-order valence-electron chi connectivity index (χ4n) is 2.62. The Hall–Kier alpha value is -1.07. The van der Waals surface area contributed by atoms with Crippen LogP contribution < -0.4 is 10.6 Å². The Labute approximate surface area is 122 Å². The van der Waals surface area contributed by atoms with E-state index in [1.165, 1.54) is 0 Å². The predicted octanol–water partition coefficient (Wildman–Crippen LogP) is 2.74. The smallest absolute Gasteiger partial charge is 0.126 e. The van der Waals surface area contributed by atoms with Gasteiger partial charge in [0.2, 0.25) is 0 Å². The second-order valence-corrected chi connectivity index (χ2v) is 6.08. The molecule has 0 radical (unpaired) electrons. The van der Waals surface area contributed by atoms with Gasteiger partial charge in [0.05, 0.1) is 11.2 Å². The average molecular weight is 326 g/mol. The molecule has 2 rings (SSSR count). The number of benzene rings is 1. The van der Waals surface area contributed by atoms with Gasteiger partial charge < -0.3 is 15.4 Å². The number of nitrogens with one attached hydrogen (secondary N) is 1. The fraction of sp³-hybridized carbons (Fsp3) is 0.500. The maximum Gasteiger partial charge on any atom is 0.126 e. The van der Waals surface area contributed by atoms with Crippen LogP contribution in [0.4, 0.5) is 5.69 Å². The lowest BCUT2D eigenvalue weighted by Gasteiger charge is -2.41. The van der Waals surface area contributed by atoms with Crippen LogP contribution >= 0.6 is 15.9 Å². The van der Waals surface area contributed by atoms with Crippen LogP contribution in [0.2, 0.25) is 0 Å². The van der Waals surface area contributed by atoms with E-state index >= 15 is 0 Å². The van der Waals surface area contributed by atoms with Crippen molar-refractivity contribution in [3.05, 3.63) is 28.2 Å². The first-order valence-corrected chi connectivity index (χ1v) is 7.19. The van der Waals surface area contributed by atoms with Gasteiger partial charge in [-0.1, -0.05) is 6.07 Å². The lowest BCUT2D eigenvalue weighted by molar-refractivity contribution is -0.00466. The van der Waals surface area contributed by atoms with E-state index in [1.807, 2.05) is 18.2 Å². The molecule has 104 valence electrons. The van der Waals surface area contributed by atoms with Crippen molar-refractivity contribution < 1.29 is 4.74 Å². The number of ether oxygens (including phenoxy) is 1. The first-order valence-electron chi connectivity index (χ1n) is 6.40. The van der Waals surface area contributed by atoms with Gasteiger partial charge in [0.1, 0.15) is 5.84 Å². The molecule has 0 saturated carbocycles. The van der Waals surface area contributed by atoms with Crippen molar-refractivity contribution in [2.45, 2.75) is 25.4 Å². The van der Waals surface area contributed by atoms with Crippen LogP contribution in [-0.2, 0) is 4.74 Å². The standard InChI is InChI=1S/C14H20BrN3O/c1-14(19-2)7-4-8-18(9-14)11-6-3-5-10(15)12(11)13(16)17/h3,5-6H,4,7-9H2,1-2H3,(H3,16,17). The molecule has 5 heteroatoms. The van der Waals surface area contributed by atoms with Gasteiger partial charge in [-0.25, -0.2) is 0 Å². The summed E-state index contributed by atoms with van der Waals surface area (Å²) in [6.45, 7) is 3.92. The Morgan fingerprint density at radius 3 is 2.89 bits per heavy atom. The number of hydrogen-bond acceptors (Lipinski definition) is 3. The van der Waals surface area contributed by atoms with Gasteiger partial charge in [0, 0.05) is 30.4 Å². The van der Waals surface area contributed by atoms with Gasteiger partial charge in [-0.15, -0.1) is 0 Å². The summed E-state index contributed by atoms with van der Waals surface area (Å²) in [4.78, 5) is 2.26. The molecule has 1 aliphatic heterocycles. The van der Waals surface area contributed by atoms with Gasteiger partial charge in [-0.3, -0.25) is 5.41 Å². The van der Waals surface area contributed by atoms with Crippen molar-refractivity contribution in [2.24, 2.45) is 5.73 Å². The molecule has 19 heavy (non-hydrogen) atoms. The molecule has 1 fully saturated rings. The minimum Gasteiger partial charge on any atom is -0.384 e. The van der Waals surface area contributed by atoms with Crippen molar-refractivity contribution in [1.29, 1.82) is 5.41 Å². The van der Waals surface area contributed by atoms with Crippen molar-refractivity contribution >= 4 is 27.5 Å². The number of anilines is 1. The quantitative estimate of drug-likeness (QED) is 0.663. The Balaban J connectivity index is 2.37. The lowest BCUT2D eigenvalue weighted by atomic mass is 9.93. The van der Waals surface area contributed by atoms with Gasteiger partial charge >= 0.3 is 0 Å². The average Bonchev–Trinajstić information content (AvgIpc) is 2.38. The second-order valence-electron chi connectivity index (χ2n) is 5.23. The van der Waals surface area contributed by atoms with Crippen LogP contribution in [0.1, 0.15) is 25.3 Å². The molecule has 1 unspecified atom stereocenters. The summed E-state index contributed by atoms with van der Waals surface area (Å²) < 4.78 is 6.49. The van der Waals surface area contributed by atoms with Crippen LogP contribution in [0.15, 0.2) is 22.7 Å². The SMILES string of the molecule is COC1(C)CCCN(c2cccc(Br)c2C(=N)N)C1. The molecule has 1 aliphatic rings. The Morgan fingerprint density at radius 2 is 2.26 bits per heavy atom. The molecule has 1 aromatic carbocycles. The normalized spacial score (nSPS) is 23.4. The number of halogens is 1. The highest BCUT2D eigenvalue weighted by atomic mass is 79.9. The number of nitrogen functional groups attached to an aromatic ring is 1. The molecule has 1 saturated heterocycles. The molecule has 0 bridgehead atoms. The monoisotopic (exact) mass is 325 g/mol. The van der Waals surface area contributed by atoms with Gasteiger partial charge in [0.15, 0.2) is 0 Å². The molecule has 0 amide bonds. The number of rotatable bonds is 3. The van der Waals surface area contributed by atoms with E-state index in [4.69, 9.17) is 15.9 Å². The van der Waals surface area contributed by atoms with Crippen LogP contribution in [0.3, 0.4) is 0 Å². The third-order valence-corrected chi connectivity index (χ3v) is 4.41. The molecule has 1 aromatic rings.